The van der Waals surface area contributed by atoms with E-state index in [1.54, 1.807) is 12.1 Å². The van der Waals surface area contributed by atoms with Crippen molar-refractivity contribution in [3.05, 3.63) is 89.5 Å². The van der Waals surface area contributed by atoms with Gasteiger partial charge in [-0.05, 0) is 48.4 Å². The van der Waals surface area contributed by atoms with Crippen LogP contribution in [0.4, 0.5) is 11.4 Å². The number of hydrogen-bond donors (Lipinski definition) is 1. The molecular weight excluding hydrogens is 442 g/mol. The van der Waals surface area contributed by atoms with Gasteiger partial charge in [-0.25, -0.2) is 4.79 Å². The summed E-state index contributed by atoms with van der Waals surface area (Å²) in [6, 6.07) is 23.3. The number of nitrogens with one attached hydrogen (secondary N) is 1. The second-order valence-corrected chi connectivity index (χ2v) is 8.63. The minimum absolute atomic E-state index is 0.129. The summed E-state index contributed by atoms with van der Waals surface area (Å²) in [5.74, 6) is -0.105. The van der Waals surface area contributed by atoms with E-state index in [2.05, 4.69) is 39.4 Å². The first-order valence-electron chi connectivity index (χ1n) is 11.7. The number of methoxy groups -OCH3 is 1. The van der Waals surface area contributed by atoms with Gasteiger partial charge >= 0.3 is 5.97 Å². The molecule has 7 heteroatoms. The summed E-state index contributed by atoms with van der Waals surface area (Å²) in [7, 11) is 1.34. The Bertz CT molecular complexity index is 1160. The van der Waals surface area contributed by atoms with Crippen LogP contribution in [0.2, 0.25) is 0 Å². The first-order valence-corrected chi connectivity index (χ1v) is 11.7. The summed E-state index contributed by atoms with van der Waals surface area (Å²) in [5, 5.41) is 2.94. The molecule has 7 nitrogen and oxygen atoms in total. The number of nitrogens with zero attached hydrogens (tertiary/aromatic N) is 2. The molecule has 0 spiro atoms. The number of ether oxygens (including phenoxy) is 2. The molecule has 4 rings (SSSR count). The van der Waals surface area contributed by atoms with Crippen LogP contribution >= 0.6 is 0 Å². The first kappa shape index (κ1) is 24.3. The van der Waals surface area contributed by atoms with Crippen molar-refractivity contribution >= 4 is 23.3 Å². The van der Waals surface area contributed by atoms with Gasteiger partial charge in [0.25, 0.3) is 5.91 Å². The van der Waals surface area contributed by atoms with E-state index in [1.807, 2.05) is 43.3 Å². The fourth-order valence-electron chi connectivity index (χ4n) is 4.19. The maximum absolute atomic E-state index is 12.7. The molecule has 0 saturated carbocycles. The summed E-state index contributed by atoms with van der Waals surface area (Å²) in [6.45, 7) is 6.18. The number of amides is 1. The Hall–Kier alpha value is -3.84. The second-order valence-electron chi connectivity index (χ2n) is 8.63. The lowest BCUT2D eigenvalue weighted by atomic mass is 10.1. The minimum Gasteiger partial charge on any atom is -0.484 e. The number of rotatable bonds is 8. The molecule has 0 aromatic heterocycles. The van der Waals surface area contributed by atoms with Gasteiger partial charge in [0.15, 0.2) is 6.61 Å². The topological polar surface area (TPSA) is 71.1 Å². The zero-order valence-corrected chi connectivity index (χ0v) is 20.2. The van der Waals surface area contributed by atoms with Crippen molar-refractivity contribution in [2.24, 2.45) is 0 Å². The number of anilines is 2. The van der Waals surface area contributed by atoms with Crippen LogP contribution in [-0.4, -0.2) is 56.7 Å². The van der Waals surface area contributed by atoms with E-state index >= 15 is 0 Å². The average molecular weight is 474 g/mol. The van der Waals surface area contributed by atoms with Gasteiger partial charge in [-0.15, -0.1) is 0 Å². The fraction of sp³-hybridized carbons (Fsp3) is 0.286. The van der Waals surface area contributed by atoms with Crippen molar-refractivity contribution in [2.45, 2.75) is 13.5 Å². The molecular formula is C28H31N3O4. The van der Waals surface area contributed by atoms with Crippen molar-refractivity contribution in [2.75, 3.05) is 50.1 Å². The maximum Gasteiger partial charge on any atom is 0.337 e. The molecule has 3 aromatic carbocycles. The lowest BCUT2D eigenvalue weighted by Gasteiger charge is -2.37. The summed E-state index contributed by atoms with van der Waals surface area (Å²) in [6.07, 6.45) is 0. The number of carbonyl (C=O) groups is 2. The number of carbonyl (C=O) groups excluding carboxylic acids is 2. The lowest BCUT2D eigenvalue weighted by Crippen LogP contribution is -2.46. The Balaban J connectivity index is 1.44. The molecule has 0 radical (unpaired) electrons. The molecule has 0 atom stereocenters. The smallest absolute Gasteiger partial charge is 0.337 e. The zero-order valence-electron chi connectivity index (χ0n) is 20.2. The van der Waals surface area contributed by atoms with Crippen LogP contribution in [-0.2, 0) is 16.1 Å². The molecule has 1 amide bonds. The quantitative estimate of drug-likeness (QED) is 0.497. The van der Waals surface area contributed by atoms with Crippen LogP contribution < -0.4 is 15.0 Å². The van der Waals surface area contributed by atoms with Crippen LogP contribution in [0.3, 0.4) is 0 Å². The van der Waals surface area contributed by atoms with Gasteiger partial charge in [-0.1, -0.05) is 42.5 Å². The highest BCUT2D eigenvalue weighted by Crippen LogP contribution is 2.29. The largest absolute Gasteiger partial charge is 0.484 e. The highest BCUT2D eigenvalue weighted by molar-refractivity contribution is 5.98. The van der Waals surface area contributed by atoms with E-state index in [0.717, 1.165) is 44.0 Å². The third kappa shape index (κ3) is 6.61. The number of aryl methyl sites for hydroxylation is 1. The number of esters is 1. The molecule has 1 N–H and O–H groups in total. The molecule has 182 valence electrons. The SMILES string of the molecule is COC(=O)c1ccc(N2CCN(Cc3ccccc3)CC2)c(NC(=O)COc2cccc(C)c2)c1. The van der Waals surface area contributed by atoms with Gasteiger partial charge in [0.1, 0.15) is 5.75 Å². The minimum atomic E-state index is -0.448. The molecule has 35 heavy (non-hydrogen) atoms. The highest BCUT2D eigenvalue weighted by atomic mass is 16.5. The number of piperazine rings is 1. The lowest BCUT2D eigenvalue weighted by molar-refractivity contribution is -0.118. The molecule has 0 bridgehead atoms. The Labute approximate surface area is 206 Å². The molecule has 1 aliphatic rings. The number of benzene rings is 3. The Kier molecular flexibility index (Phi) is 8.00. The van der Waals surface area contributed by atoms with Crippen molar-refractivity contribution in [1.29, 1.82) is 0 Å². The summed E-state index contributed by atoms with van der Waals surface area (Å²) in [4.78, 5) is 29.5. The van der Waals surface area contributed by atoms with Gasteiger partial charge in [0.05, 0.1) is 24.0 Å². The molecule has 1 heterocycles. The van der Waals surface area contributed by atoms with E-state index in [4.69, 9.17) is 9.47 Å². The molecule has 1 saturated heterocycles. The van der Waals surface area contributed by atoms with E-state index in [9.17, 15) is 9.59 Å². The predicted molar refractivity (Wildman–Crippen MR) is 137 cm³/mol. The van der Waals surface area contributed by atoms with Crippen LogP contribution in [0.15, 0.2) is 72.8 Å². The van der Waals surface area contributed by atoms with Crippen molar-refractivity contribution in [1.82, 2.24) is 4.90 Å². The molecule has 1 fully saturated rings. The van der Waals surface area contributed by atoms with Crippen molar-refractivity contribution < 1.29 is 19.1 Å². The van der Waals surface area contributed by atoms with Crippen LogP contribution in [0.25, 0.3) is 0 Å². The second kappa shape index (κ2) is 11.5. The Morgan fingerprint density at radius 2 is 1.69 bits per heavy atom. The summed E-state index contributed by atoms with van der Waals surface area (Å²) >= 11 is 0. The monoisotopic (exact) mass is 473 g/mol. The molecule has 3 aromatic rings. The Morgan fingerprint density at radius 3 is 2.40 bits per heavy atom. The molecule has 0 aliphatic carbocycles. The van der Waals surface area contributed by atoms with Crippen molar-refractivity contribution in [3.8, 4) is 5.75 Å². The third-order valence-electron chi connectivity index (χ3n) is 6.01. The maximum atomic E-state index is 12.7. The highest BCUT2D eigenvalue weighted by Gasteiger charge is 2.21. The van der Waals surface area contributed by atoms with Crippen LogP contribution in [0.5, 0.6) is 5.75 Å². The predicted octanol–water partition coefficient (Wildman–Crippen LogP) is 4.12. The van der Waals surface area contributed by atoms with Gasteiger partial charge in [-0.2, -0.15) is 0 Å². The Morgan fingerprint density at radius 1 is 0.914 bits per heavy atom. The summed E-state index contributed by atoms with van der Waals surface area (Å²) in [5.41, 5.74) is 4.18. The average Bonchev–Trinajstić information content (AvgIpc) is 2.88. The zero-order chi connectivity index (χ0) is 24.6. The van der Waals surface area contributed by atoms with Gasteiger partial charge in [-0.3, -0.25) is 9.69 Å². The molecule has 0 unspecified atom stereocenters. The van der Waals surface area contributed by atoms with Gasteiger partial charge < -0.3 is 19.7 Å². The van der Waals surface area contributed by atoms with E-state index < -0.39 is 5.97 Å². The van der Waals surface area contributed by atoms with Gasteiger partial charge in [0.2, 0.25) is 0 Å². The van der Waals surface area contributed by atoms with Crippen molar-refractivity contribution in [3.63, 3.8) is 0 Å². The normalized spacial score (nSPS) is 13.8. The molecule has 1 aliphatic heterocycles. The van der Waals surface area contributed by atoms with Gasteiger partial charge in [0, 0.05) is 32.7 Å². The van der Waals surface area contributed by atoms with Crippen LogP contribution in [0.1, 0.15) is 21.5 Å². The fourth-order valence-corrected chi connectivity index (χ4v) is 4.19. The summed E-state index contributed by atoms with van der Waals surface area (Å²) < 4.78 is 10.5. The number of hydrogen-bond acceptors (Lipinski definition) is 6. The van der Waals surface area contributed by atoms with E-state index in [-0.39, 0.29) is 12.5 Å². The standard InChI is InChI=1S/C28H31N3O4/c1-21-7-6-10-24(17-21)35-20-27(32)29-25-18-23(28(33)34-2)11-12-26(25)31-15-13-30(14-16-31)19-22-8-4-3-5-9-22/h3-12,17-18H,13-16,19-20H2,1-2H3,(H,29,32). The third-order valence-corrected chi connectivity index (χ3v) is 6.01. The van der Waals surface area contributed by atoms with Crippen LogP contribution in [0, 0.1) is 6.92 Å². The van der Waals surface area contributed by atoms with E-state index in [0.29, 0.717) is 17.0 Å². The first-order chi connectivity index (χ1) is 17.0. The van der Waals surface area contributed by atoms with E-state index in [1.165, 1.54) is 12.7 Å².